The fourth-order valence-corrected chi connectivity index (χ4v) is 3.65. The Balaban J connectivity index is 1.80. The summed E-state index contributed by atoms with van der Waals surface area (Å²) in [4.78, 5) is 1.52. The minimum absolute atomic E-state index is 0.816. The van der Waals surface area contributed by atoms with Crippen molar-refractivity contribution in [2.45, 2.75) is 45.1 Å². The minimum atomic E-state index is 0.816. The lowest BCUT2D eigenvalue weighted by molar-refractivity contribution is 0.439. The van der Waals surface area contributed by atoms with Crippen LogP contribution in [0.15, 0.2) is 15.9 Å². The van der Waals surface area contributed by atoms with E-state index in [1.165, 1.54) is 47.3 Å². The van der Waals surface area contributed by atoms with Gasteiger partial charge < -0.3 is 5.32 Å². The number of hydrogen-bond donors (Lipinski definition) is 1. The van der Waals surface area contributed by atoms with Crippen LogP contribution >= 0.6 is 27.3 Å². The zero-order valence-electron chi connectivity index (χ0n) is 9.84. The van der Waals surface area contributed by atoms with E-state index in [1.807, 2.05) is 11.3 Å². The summed E-state index contributed by atoms with van der Waals surface area (Å²) in [5, 5.41) is 3.66. The van der Waals surface area contributed by atoms with Gasteiger partial charge in [-0.25, -0.2) is 0 Å². The van der Waals surface area contributed by atoms with Gasteiger partial charge in [0.2, 0.25) is 0 Å². The van der Waals surface area contributed by atoms with Gasteiger partial charge in [-0.15, -0.1) is 11.3 Å². The number of nitrogens with one attached hydrogen (secondary N) is 1. The largest absolute Gasteiger partial charge is 0.314 e. The van der Waals surface area contributed by atoms with E-state index in [0.717, 1.165) is 12.0 Å². The summed E-state index contributed by atoms with van der Waals surface area (Å²) >= 11 is 5.42. The summed E-state index contributed by atoms with van der Waals surface area (Å²) in [6.45, 7) is 3.49. The molecule has 0 amide bonds. The van der Waals surface area contributed by atoms with Crippen molar-refractivity contribution < 1.29 is 0 Å². The van der Waals surface area contributed by atoms with E-state index in [0.29, 0.717) is 0 Å². The first-order chi connectivity index (χ1) is 7.78. The van der Waals surface area contributed by atoms with Crippen molar-refractivity contribution >= 4 is 27.3 Å². The third-order valence-electron chi connectivity index (χ3n) is 3.09. The van der Waals surface area contributed by atoms with E-state index >= 15 is 0 Å². The Morgan fingerprint density at radius 3 is 2.88 bits per heavy atom. The SMILES string of the molecule is CCCC(CNC1CC1)Cc1ccc(Br)s1. The molecule has 0 saturated heterocycles. The predicted octanol–water partition coefficient (Wildman–Crippen LogP) is 4.22. The van der Waals surface area contributed by atoms with Crippen molar-refractivity contribution in [3.63, 3.8) is 0 Å². The average molecular weight is 302 g/mol. The van der Waals surface area contributed by atoms with E-state index in [4.69, 9.17) is 0 Å². The highest BCUT2D eigenvalue weighted by molar-refractivity contribution is 9.11. The normalized spacial score (nSPS) is 17.6. The number of rotatable bonds is 7. The molecular formula is C13H20BrNS. The van der Waals surface area contributed by atoms with Gasteiger partial charge in [-0.05, 0) is 66.2 Å². The lowest BCUT2D eigenvalue weighted by atomic mass is 9.99. The van der Waals surface area contributed by atoms with Crippen molar-refractivity contribution in [1.82, 2.24) is 5.32 Å². The van der Waals surface area contributed by atoms with Crippen LogP contribution in [0.2, 0.25) is 0 Å². The molecule has 90 valence electrons. The van der Waals surface area contributed by atoms with Crippen LogP contribution < -0.4 is 5.32 Å². The Bertz CT molecular complexity index is 319. The molecule has 1 nitrogen and oxygen atoms in total. The van der Waals surface area contributed by atoms with Gasteiger partial charge in [-0.1, -0.05) is 13.3 Å². The molecule has 1 atom stereocenters. The molecule has 0 bridgehead atoms. The lowest BCUT2D eigenvalue weighted by Crippen LogP contribution is -2.25. The number of thiophene rings is 1. The van der Waals surface area contributed by atoms with Gasteiger partial charge in [0.05, 0.1) is 3.79 Å². The standard InChI is InChI=1S/C13H20BrNS/c1-2-3-10(9-15-11-4-5-11)8-12-6-7-13(14)16-12/h6-7,10-11,15H,2-5,8-9H2,1H3. The first-order valence-corrected chi connectivity index (χ1v) is 7.86. The van der Waals surface area contributed by atoms with Crippen LogP contribution in [0.3, 0.4) is 0 Å². The summed E-state index contributed by atoms with van der Waals surface area (Å²) in [5.41, 5.74) is 0. The lowest BCUT2D eigenvalue weighted by Gasteiger charge is -2.15. The molecule has 1 fully saturated rings. The van der Waals surface area contributed by atoms with Gasteiger partial charge in [-0.3, -0.25) is 0 Å². The molecule has 1 aromatic heterocycles. The molecule has 1 saturated carbocycles. The first kappa shape index (κ1) is 12.6. The van der Waals surface area contributed by atoms with Gasteiger partial charge >= 0.3 is 0 Å². The number of halogens is 1. The summed E-state index contributed by atoms with van der Waals surface area (Å²) in [6.07, 6.45) is 6.66. The summed E-state index contributed by atoms with van der Waals surface area (Å²) < 4.78 is 1.26. The Kier molecular flexibility index (Phi) is 4.86. The van der Waals surface area contributed by atoms with Crippen LogP contribution in [0.1, 0.15) is 37.5 Å². The topological polar surface area (TPSA) is 12.0 Å². The molecule has 2 rings (SSSR count). The van der Waals surface area contributed by atoms with Crippen molar-refractivity contribution in [1.29, 1.82) is 0 Å². The zero-order valence-corrected chi connectivity index (χ0v) is 12.2. The Hall–Kier alpha value is 0.140. The molecule has 0 spiro atoms. The predicted molar refractivity (Wildman–Crippen MR) is 75.1 cm³/mol. The van der Waals surface area contributed by atoms with Crippen LogP contribution in [-0.4, -0.2) is 12.6 Å². The molecule has 1 heterocycles. The van der Waals surface area contributed by atoms with Crippen molar-refractivity contribution in [2.24, 2.45) is 5.92 Å². The van der Waals surface area contributed by atoms with Crippen LogP contribution in [0, 0.1) is 5.92 Å². The van der Waals surface area contributed by atoms with Crippen LogP contribution in [-0.2, 0) is 6.42 Å². The van der Waals surface area contributed by atoms with Crippen molar-refractivity contribution in [3.05, 3.63) is 20.8 Å². The van der Waals surface area contributed by atoms with E-state index in [1.54, 1.807) is 0 Å². The highest BCUT2D eigenvalue weighted by atomic mass is 79.9. The van der Waals surface area contributed by atoms with E-state index in [2.05, 4.69) is 40.3 Å². The molecule has 16 heavy (non-hydrogen) atoms. The highest BCUT2D eigenvalue weighted by Gasteiger charge is 2.21. The fraction of sp³-hybridized carbons (Fsp3) is 0.692. The zero-order chi connectivity index (χ0) is 11.4. The van der Waals surface area contributed by atoms with E-state index in [9.17, 15) is 0 Å². The molecule has 1 aromatic rings. The van der Waals surface area contributed by atoms with Crippen molar-refractivity contribution in [2.75, 3.05) is 6.54 Å². The summed E-state index contributed by atoms with van der Waals surface area (Å²) in [6, 6.07) is 5.26. The van der Waals surface area contributed by atoms with Crippen LogP contribution in [0.5, 0.6) is 0 Å². The molecule has 1 aliphatic rings. The Morgan fingerprint density at radius 2 is 2.31 bits per heavy atom. The highest BCUT2D eigenvalue weighted by Crippen LogP contribution is 2.26. The van der Waals surface area contributed by atoms with E-state index < -0.39 is 0 Å². The fourth-order valence-electron chi connectivity index (χ4n) is 2.05. The monoisotopic (exact) mass is 301 g/mol. The van der Waals surface area contributed by atoms with Gasteiger partial charge in [-0.2, -0.15) is 0 Å². The maximum Gasteiger partial charge on any atom is 0.0701 e. The average Bonchev–Trinajstić information content (AvgIpc) is 3.00. The smallest absolute Gasteiger partial charge is 0.0701 e. The van der Waals surface area contributed by atoms with Gasteiger partial charge in [0.25, 0.3) is 0 Å². The molecule has 0 radical (unpaired) electrons. The maximum atomic E-state index is 3.66. The molecule has 0 aliphatic heterocycles. The van der Waals surface area contributed by atoms with Crippen molar-refractivity contribution in [3.8, 4) is 0 Å². The Morgan fingerprint density at radius 1 is 1.50 bits per heavy atom. The third-order valence-corrected chi connectivity index (χ3v) is 4.73. The second-order valence-electron chi connectivity index (χ2n) is 4.75. The van der Waals surface area contributed by atoms with Crippen LogP contribution in [0.4, 0.5) is 0 Å². The van der Waals surface area contributed by atoms with Crippen LogP contribution in [0.25, 0.3) is 0 Å². The van der Waals surface area contributed by atoms with Gasteiger partial charge in [0, 0.05) is 10.9 Å². The van der Waals surface area contributed by atoms with Gasteiger partial charge in [0.1, 0.15) is 0 Å². The second-order valence-corrected chi connectivity index (χ2v) is 7.29. The molecular weight excluding hydrogens is 282 g/mol. The maximum absolute atomic E-state index is 3.66. The molecule has 1 unspecified atom stereocenters. The molecule has 1 N–H and O–H groups in total. The second kappa shape index (κ2) is 6.18. The number of hydrogen-bond acceptors (Lipinski definition) is 2. The molecule has 0 aromatic carbocycles. The third kappa shape index (κ3) is 4.19. The minimum Gasteiger partial charge on any atom is -0.314 e. The quantitative estimate of drug-likeness (QED) is 0.795. The summed E-state index contributed by atoms with van der Waals surface area (Å²) in [7, 11) is 0. The molecule has 3 heteroatoms. The van der Waals surface area contributed by atoms with E-state index in [-0.39, 0.29) is 0 Å². The molecule has 1 aliphatic carbocycles. The van der Waals surface area contributed by atoms with Gasteiger partial charge in [0.15, 0.2) is 0 Å². The summed E-state index contributed by atoms with van der Waals surface area (Å²) in [5.74, 6) is 0.816. The first-order valence-electron chi connectivity index (χ1n) is 6.25. The Labute approximate surface area is 111 Å².